The number of hydrogen-bond acceptors (Lipinski definition) is 3. The first-order valence-electron chi connectivity index (χ1n) is 6.91. The van der Waals surface area contributed by atoms with Crippen LogP contribution in [0.5, 0.6) is 0 Å². The van der Waals surface area contributed by atoms with E-state index in [-0.39, 0.29) is 18.1 Å². The number of ether oxygens (including phenoxy) is 1. The van der Waals surface area contributed by atoms with Gasteiger partial charge in [-0.25, -0.2) is 4.79 Å². The van der Waals surface area contributed by atoms with E-state index in [9.17, 15) is 4.79 Å². The molecule has 2 atom stereocenters. The maximum absolute atomic E-state index is 12.2. The van der Waals surface area contributed by atoms with Crippen LogP contribution in [0.25, 0.3) is 0 Å². The summed E-state index contributed by atoms with van der Waals surface area (Å²) in [6.07, 6.45) is 1.98. The van der Waals surface area contributed by atoms with Crippen LogP contribution in [0.15, 0.2) is 0 Å². The van der Waals surface area contributed by atoms with Crippen LogP contribution in [0.1, 0.15) is 33.6 Å². The third-order valence-electron chi connectivity index (χ3n) is 3.23. The second-order valence-corrected chi connectivity index (χ2v) is 6.06. The molecule has 0 aromatic carbocycles. The van der Waals surface area contributed by atoms with Gasteiger partial charge in [0.25, 0.3) is 0 Å². The Balaban J connectivity index is 2.33. The average Bonchev–Trinajstić information content (AvgIpc) is 2.39. The number of carbonyl (C=O) groups excluding carboxylic acids is 1. The molecule has 4 nitrogen and oxygen atoms in total. The summed E-state index contributed by atoms with van der Waals surface area (Å²) in [6, 6.07) is 0.548. The predicted octanol–water partition coefficient (Wildman–Crippen LogP) is 2.34. The van der Waals surface area contributed by atoms with Gasteiger partial charge in [-0.1, -0.05) is 13.8 Å². The normalized spacial score (nSPS) is 21.7. The second kappa shape index (κ2) is 8.64. The van der Waals surface area contributed by atoms with Gasteiger partial charge in [0.15, 0.2) is 0 Å². The molecule has 106 valence electrons. The monoisotopic (exact) mass is 274 g/mol. The Labute approximate surface area is 115 Å². The molecular weight excluding hydrogens is 248 g/mol. The Kier molecular flexibility index (Phi) is 7.51. The maximum atomic E-state index is 12.2. The smallest absolute Gasteiger partial charge is 0.318 e. The Morgan fingerprint density at radius 2 is 2.33 bits per heavy atom. The third-order valence-corrected chi connectivity index (χ3v) is 4.16. The summed E-state index contributed by atoms with van der Waals surface area (Å²) in [5, 5.41) is 3.09. The molecule has 0 unspecified atom stereocenters. The fourth-order valence-electron chi connectivity index (χ4n) is 2.03. The fourth-order valence-corrected chi connectivity index (χ4v) is 2.84. The number of thioether (sulfide) groups is 1. The minimum atomic E-state index is 0.0687. The van der Waals surface area contributed by atoms with Crippen molar-refractivity contribution in [2.45, 2.75) is 45.7 Å². The number of nitrogens with zero attached hydrogens (tertiary/aromatic N) is 1. The van der Waals surface area contributed by atoms with E-state index < -0.39 is 0 Å². The van der Waals surface area contributed by atoms with E-state index in [4.69, 9.17) is 4.74 Å². The van der Waals surface area contributed by atoms with Gasteiger partial charge in [0.2, 0.25) is 0 Å². The molecule has 5 heteroatoms. The molecule has 0 spiro atoms. The number of hydrogen-bond donors (Lipinski definition) is 1. The highest BCUT2D eigenvalue weighted by molar-refractivity contribution is 7.99. The zero-order valence-electron chi connectivity index (χ0n) is 11.8. The first-order chi connectivity index (χ1) is 8.69. The van der Waals surface area contributed by atoms with E-state index in [1.165, 1.54) is 0 Å². The van der Waals surface area contributed by atoms with E-state index in [0.29, 0.717) is 19.8 Å². The summed E-state index contributed by atoms with van der Waals surface area (Å²) in [5.41, 5.74) is 0. The number of carbonyl (C=O) groups is 1. The van der Waals surface area contributed by atoms with Gasteiger partial charge >= 0.3 is 6.03 Å². The average molecular weight is 274 g/mol. The lowest BCUT2D eigenvalue weighted by atomic mass is 10.2. The van der Waals surface area contributed by atoms with E-state index in [1.54, 1.807) is 0 Å². The standard InChI is InChI=1S/C13H26N2O2S/c1-4-12-10-17-8-7-15(12)13(16)14-11(3)6-9-18-5-2/h11-12H,4-10H2,1-3H3,(H,14,16)/t11-,12-/m1/s1. The van der Waals surface area contributed by atoms with Crippen molar-refractivity contribution in [3.05, 3.63) is 0 Å². The molecule has 0 radical (unpaired) electrons. The zero-order valence-corrected chi connectivity index (χ0v) is 12.6. The number of morpholine rings is 1. The molecule has 1 aliphatic rings. The number of amides is 2. The van der Waals surface area contributed by atoms with Gasteiger partial charge in [-0.15, -0.1) is 0 Å². The minimum Gasteiger partial charge on any atom is -0.377 e. The molecule has 1 N–H and O–H groups in total. The Hall–Kier alpha value is -0.420. The van der Waals surface area contributed by atoms with Crippen molar-refractivity contribution in [2.24, 2.45) is 0 Å². The molecule has 1 heterocycles. The lowest BCUT2D eigenvalue weighted by Crippen LogP contribution is -2.53. The topological polar surface area (TPSA) is 41.6 Å². The van der Waals surface area contributed by atoms with Crippen molar-refractivity contribution in [3.63, 3.8) is 0 Å². The molecular formula is C13H26N2O2S. The summed E-state index contributed by atoms with van der Waals surface area (Å²) in [6.45, 7) is 8.37. The van der Waals surface area contributed by atoms with Crippen LogP contribution >= 0.6 is 11.8 Å². The van der Waals surface area contributed by atoms with Crippen LogP contribution in [0.4, 0.5) is 4.79 Å². The second-order valence-electron chi connectivity index (χ2n) is 4.67. The first-order valence-corrected chi connectivity index (χ1v) is 8.07. The van der Waals surface area contributed by atoms with E-state index >= 15 is 0 Å². The molecule has 1 fully saturated rings. The summed E-state index contributed by atoms with van der Waals surface area (Å²) < 4.78 is 5.41. The zero-order chi connectivity index (χ0) is 13.4. The van der Waals surface area contributed by atoms with Crippen molar-refractivity contribution < 1.29 is 9.53 Å². The molecule has 1 aliphatic heterocycles. The minimum absolute atomic E-state index is 0.0687. The highest BCUT2D eigenvalue weighted by Crippen LogP contribution is 2.11. The molecule has 1 saturated heterocycles. The van der Waals surface area contributed by atoms with Crippen molar-refractivity contribution in [2.75, 3.05) is 31.3 Å². The number of nitrogens with one attached hydrogen (secondary N) is 1. The maximum Gasteiger partial charge on any atom is 0.318 e. The van der Waals surface area contributed by atoms with Gasteiger partial charge in [-0.05, 0) is 31.3 Å². The van der Waals surface area contributed by atoms with Crippen LogP contribution < -0.4 is 5.32 Å². The van der Waals surface area contributed by atoms with Gasteiger partial charge in [-0.2, -0.15) is 11.8 Å². The number of urea groups is 1. The lowest BCUT2D eigenvalue weighted by molar-refractivity contribution is 0.0108. The SMILES string of the molecule is CCSCC[C@@H](C)NC(=O)N1CCOC[C@H]1CC. The highest BCUT2D eigenvalue weighted by Gasteiger charge is 2.26. The summed E-state index contributed by atoms with van der Waals surface area (Å²) in [5.74, 6) is 2.25. The Morgan fingerprint density at radius 1 is 1.56 bits per heavy atom. The van der Waals surface area contributed by atoms with E-state index in [2.05, 4.69) is 26.1 Å². The van der Waals surface area contributed by atoms with Crippen LogP contribution in [-0.4, -0.2) is 54.3 Å². The van der Waals surface area contributed by atoms with Crippen LogP contribution in [-0.2, 0) is 4.74 Å². The Morgan fingerprint density at radius 3 is 3.00 bits per heavy atom. The molecule has 0 saturated carbocycles. The summed E-state index contributed by atoms with van der Waals surface area (Å²) in [4.78, 5) is 14.1. The van der Waals surface area contributed by atoms with Crippen molar-refractivity contribution in [3.8, 4) is 0 Å². The van der Waals surface area contributed by atoms with Crippen molar-refractivity contribution in [1.82, 2.24) is 10.2 Å². The Bertz CT molecular complexity index is 251. The lowest BCUT2D eigenvalue weighted by Gasteiger charge is -2.35. The van der Waals surface area contributed by atoms with Gasteiger partial charge in [0, 0.05) is 12.6 Å². The molecule has 1 rings (SSSR count). The molecule has 0 aromatic heterocycles. The van der Waals surface area contributed by atoms with E-state index in [0.717, 1.165) is 24.3 Å². The molecule has 0 aromatic rings. The largest absolute Gasteiger partial charge is 0.377 e. The summed E-state index contributed by atoms with van der Waals surface area (Å²) in [7, 11) is 0. The van der Waals surface area contributed by atoms with Gasteiger partial charge in [0.05, 0.1) is 19.3 Å². The molecule has 0 bridgehead atoms. The van der Waals surface area contributed by atoms with Gasteiger partial charge in [-0.3, -0.25) is 0 Å². The molecule has 2 amide bonds. The number of rotatable bonds is 6. The summed E-state index contributed by atoms with van der Waals surface area (Å²) >= 11 is 1.92. The van der Waals surface area contributed by atoms with Crippen molar-refractivity contribution >= 4 is 17.8 Å². The van der Waals surface area contributed by atoms with Gasteiger partial charge in [0.1, 0.15) is 0 Å². The molecule has 18 heavy (non-hydrogen) atoms. The van der Waals surface area contributed by atoms with Gasteiger partial charge < -0.3 is 15.0 Å². The van der Waals surface area contributed by atoms with Crippen LogP contribution in [0, 0.1) is 0 Å². The quantitative estimate of drug-likeness (QED) is 0.756. The van der Waals surface area contributed by atoms with Crippen molar-refractivity contribution in [1.29, 1.82) is 0 Å². The highest BCUT2D eigenvalue weighted by atomic mass is 32.2. The van der Waals surface area contributed by atoms with Crippen LogP contribution in [0.3, 0.4) is 0 Å². The fraction of sp³-hybridized carbons (Fsp3) is 0.923. The van der Waals surface area contributed by atoms with Crippen LogP contribution in [0.2, 0.25) is 0 Å². The predicted molar refractivity (Wildman–Crippen MR) is 77.2 cm³/mol. The third kappa shape index (κ3) is 5.06. The van der Waals surface area contributed by atoms with E-state index in [1.807, 2.05) is 16.7 Å². The first kappa shape index (κ1) is 15.6. The molecule has 0 aliphatic carbocycles.